The lowest BCUT2D eigenvalue weighted by atomic mass is 10.1. The second-order valence-electron chi connectivity index (χ2n) is 6.66. The van der Waals surface area contributed by atoms with Gasteiger partial charge in [0.05, 0.1) is 22.1 Å². The first-order valence-electron chi connectivity index (χ1n) is 9.55. The lowest BCUT2D eigenvalue weighted by Crippen LogP contribution is -2.28. The summed E-state index contributed by atoms with van der Waals surface area (Å²) < 4.78 is 2.83. The molecule has 3 aromatic heterocycles. The molecule has 0 aliphatic carbocycles. The van der Waals surface area contributed by atoms with E-state index in [1.54, 1.807) is 28.2 Å². The molecule has 0 atom stereocenters. The second-order valence-corrected chi connectivity index (χ2v) is 7.69. The van der Waals surface area contributed by atoms with Gasteiger partial charge in [-0.25, -0.2) is 14.5 Å². The van der Waals surface area contributed by atoms with Gasteiger partial charge in [0.2, 0.25) is 0 Å². The average molecular weight is 414 g/mol. The van der Waals surface area contributed by atoms with E-state index in [1.165, 1.54) is 0 Å². The molecule has 0 spiro atoms. The van der Waals surface area contributed by atoms with Crippen molar-refractivity contribution in [3.8, 4) is 11.3 Å². The number of rotatable bonds is 6. The highest BCUT2D eigenvalue weighted by Gasteiger charge is 2.15. The molecule has 0 aliphatic rings. The van der Waals surface area contributed by atoms with E-state index < -0.39 is 0 Å². The van der Waals surface area contributed by atoms with E-state index in [2.05, 4.69) is 25.7 Å². The Kier molecular flexibility index (Phi) is 4.82. The first-order chi connectivity index (χ1) is 14.8. The quantitative estimate of drug-likeness (QED) is 0.412. The maximum absolute atomic E-state index is 12.7. The molecule has 0 bridgehead atoms. The SMILES string of the molecule is O=C(NCCNc1nc2ccccc2s1)c1cnn2c(-c3ccccc3)ccnc12. The van der Waals surface area contributed by atoms with E-state index in [0.29, 0.717) is 24.3 Å². The van der Waals surface area contributed by atoms with Crippen molar-refractivity contribution in [2.75, 3.05) is 18.4 Å². The average Bonchev–Trinajstić information content (AvgIpc) is 3.41. The highest BCUT2D eigenvalue weighted by atomic mass is 32.1. The minimum absolute atomic E-state index is 0.200. The van der Waals surface area contributed by atoms with Crippen molar-refractivity contribution in [3.05, 3.63) is 78.6 Å². The molecule has 0 radical (unpaired) electrons. The number of nitrogens with zero attached hydrogens (tertiary/aromatic N) is 4. The molecule has 8 heteroatoms. The van der Waals surface area contributed by atoms with Crippen LogP contribution in [0, 0.1) is 0 Å². The number of thiazole rings is 1. The fraction of sp³-hybridized carbons (Fsp3) is 0.0909. The Hall–Kier alpha value is -3.78. The predicted octanol–water partition coefficient (Wildman–Crippen LogP) is 3.85. The van der Waals surface area contributed by atoms with Gasteiger partial charge in [-0.3, -0.25) is 4.79 Å². The maximum Gasteiger partial charge on any atom is 0.256 e. The number of hydrogen-bond acceptors (Lipinski definition) is 6. The Morgan fingerprint density at radius 2 is 1.83 bits per heavy atom. The lowest BCUT2D eigenvalue weighted by molar-refractivity contribution is 0.0956. The van der Waals surface area contributed by atoms with Crippen molar-refractivity contribution < 1.29 is 4.79 Å². The Labute approximate surface area is 176 Å². The van der Waals surface area contributed by atoms with Gasteiger partial charge in [-0.1, -0.05) is 53.8 Å². The molecule has 2 aromatic carbocycles. The third-order valence-corrected chi connectivity index (χ3v) is 5.69. The number of nitrogens with one attached hydrogen (secondary N) is 2. The predicted molar refractivity (Wildman–Crippen MR) is 119 cm³/mol. The lowest BCUT2D eigenvalue weighted by Gasteiger charge is -2.06. The van der Waals surface area contributed by atoms with Gasteiger partial charge >= 0.3 is 0 Å². The standard InChI is InChI=1S/C22H18N6OS/c29-21(24-12-13-25-22-27-17-8-4-5-9-19(17)30-22)16-14-26-28-18(10-11-23-20(16)28)15-6-2-1-3-7-15/h1-11,14H,12-13H2,(H,24,29)(H,25,27). The van der Waals surface area contributed by atoms with Crippen LogP contribution in [-0.4, -0.2) is 38.6 Å². The van der Waals surface area contributed by atoms with E-state index in [9.17, 15) is 4.79 Å². The van der Waals surface area contributed by atoms with Gasteiger partial charge < -0.3 is 10.6 Å². The number of anilines is 1. The summed E-state index contributed by atoms with van der Waals surface area (Å²) >= 11 is 1.60. The molecule has 0 fully saturated rings. The van der Waals surface area contributed by atoms with Crippen LogP contribution in [0.5, 0.6) is 0 Å². The van der Waals surface area contributed by atoms with Crippen LogP contribution >= 0.6 is 11.3 Å². The molecule has 148 valence electrons. The fourth-order valence-electron chi connectivity index (χ4n) is 3.27. The smallest absolute Gasteiger partial charge is 0.256 e. The summed E-state index contributed by atoms with van der Waals surface area (Å²) in [6.07, 6.45) is 3.26. The molecule has 0 saturated heterocycles. The molecule has 5 rings (SSSR count). The highest BCUT2D eigenvalue weighted by Crippen LogP contribution is 2.25. The van der Waals surface area contributed by atoms with Crippen LogP contribution < -0.4 is 10.6 Å². The van der Waals surface area contributed by atoms with Gasteiger partial charge in [0.15, 0.2) is 10.8 Å². The minimum Gasteiger partial charge on any atom is -0.360 e. The largest absolute Gasteiger partial charge is 0.360 e. The zero-order chi connectivity index (χ0) is 20.3. The maximum atomic E-state index is 12.7. The summed E-state index contributed by atoms with van der Waals surface area (Å²) in [6.45, 7) is 1.04. The number of fused-ring (bicyclic) bond motifs is 2. The van der Waals surface area contributed by atoms with Crippen molar-refractivity contribution in [2.24, 2.45) is 0 Å². The number of para-hydroxylation sites is 1. The molecule has 0 saturated carbocycles. The van der Waals surface area contributed by atoms with Crippen LogP contribution in [-0.2, 0) is 0 Å². The van der Waals surface area contributed by atoms with E-state index in [-0.39, 0.29) is 5.91 Å². The summed E-state index contributed by atoms with van der Waals surface area (Å²) in [5, 5.41) is 11.4. The molecule has 3 heterocycles. The van der Waals surface area contributed by atoms with Crippen LogP contribution in [0.4, 0.5) is 5.13 Å². The molecule has 30 heavy (non-hydrogen) atoms. The fourth-order valence-corrected chi connectivity index (χ4v) is 4.16. The summed E-state index contributed by atoms with van der Waals surface area (Å²) in [4.78, 5) is 21.6. The summed E-state index contributed by atoms with van der Waals surface area (Å²) in [6, 6.07) is 19.8. The van der Waals surface area contributed by atoms with Crippen molar-refractivity contribution in [1.82, 2.24) is 24.9 Å². The van der Waals surface area contributed by atoms with Crippen LogP contribution in [0.15, 0.2) is 73.1 Å². The van der Waals surface area contributed by atoms with Crippen LogP contribution in [0.25, 0.3) is 27.1 Å². The van der Waals surface area contributed by atoms with Crippen molar-refractivity contribution in [1.29, 1.82) is 0 Å². The highest BCUT2D eigenvalue weighted by molar-refractivity contribution is 7.22. The Morgan fingerprint density at radius 3 is 2.70 bits per heavy atom. The van der Waals surface area contributed by atoms with Crippen LogP contribution in [0.3, 0.4) is 0 Å². The third kappa shape index (κ3) is 3.48. The van der Waals surface area contributed by atoms with Crippen molar-refractivity contribution >= 4 is 38.2 Å². The van der Waals surface area contributed by atoms with Gasteiger partial charge in [0, 0.05) is 24.8 Å². The van der Waals surface area contributed by atoms with Gasteiger partial charge in [0.25, 0.3) is 5.91 Å². The van der Waals surface area contributed by atoms with Gasteiger partial charge in [-0.2, -0.15) is 5.10 Å². The normalized spacial score (nSPS) is 11.1. The molecule has 7 nitrogen and oxygen atoms in total. The number of amides is 1. The summed E-state index contributed by atoms with van der Waals surface area (Å²) in [7, 11) is 0. The monoisotopic (exact) mass is 414 g/mol. The molecule has 2 N–H and O–H groups in total. The van der Waals surface area contributed by atoms with Gasteiger partial charge in [-0.15, -0.1) is 0 Å². The second kappa shape index (κ2) is 7.92. The van der Waals surface area contributed by atoms with E-state index >= 15 is 0 Å². The Morgan fingerprint density at radius 1 is 1.00 bits per heavy atom. The number of carbonyl (C=O) groups is 1. The molecule has 0 aliphatic heterocycles. The van der Waals surface area contributed by atoms with Gasteiger partial charge in [0.1, 0.15) is 5.56 Å². The molecule has 0 unspecified atom stereocenters. The first-order valence-corrected chi connectivity index (χ1v) is 10.4. The molecular formula is C22H18N6OS. The summed E-state index contributed by atoms with van der Waals surface area (Å²) in [5.41, 5.74) is 3.86. The van der Waals surface area contributed by atoms with Crippen molar-refractivity contribution in [2.45, 2.75) is 0 Å². The zero-order valence-electron chi connectivity index (χ0n) is 15.9. The van der Waals surface area contributed by atoms with Crippen LogP contribution in [0.1, 0.15) is 10.4 Å². The molecule has 1 amide bonds. The van der Waals surface area contributed by atoms with Crippen LogP contribution in [0.2, 0.25) is 0 Å². The van der Waals surface area contributed by atoms with E-state index in [1.807, 2.05) is 60.7 Å². The molecule has 5 aromatic rings. The zero-order valence-corrected chi connectivity index (χ0v) is 16.8. The minimum atomic E-state index is -0.200. The topological polar surface area (TPSA) is 84.2 Å². The summed E-state index contributed by atoms with van der Waals surface area (Å²) in [5.74, 6) is -0.200. The number of hydrogen-bond donors (Lipinski definition) is 2. The van der Waals surface area contributed by atoms with Crippen molar-refractivity contribution in [3.63, 3.8) is 0 Å². The molecular weight excluding hydrogens is 396 g/mol. The number of aromatic nitrogens is 4. The number of carbonyl (C=O) groups excluding carboxylic acids is 1. The Balaban J connectivity index is 1.26. The number of benzene rings is 2. The van der Waals surface area contributed by atoms with Gasteiger partial charge in [-0.05, 0) is 18.2 Å². The third-order valence-electron chi connectivity index (χ3n) is 4.70. The van der Waals surface area contributed by atoms with E-state index in [4.69, 9.17) is 0 Å². The first kappa shape index (κ1) is 18.3. The Bertz CT molecular complexity index is 1290. The van der Waals surface area contributed by atoms with E-state index in [0.717, 1.165) is 26.6 Å².